The van der Waals surface area contributed by atoms with E-state index in [0.29, 0.717) is 6.54 Å². The zero-order chi connectivity index (χ0) is 15.5. The Bertz CT molecular complexity index is 458. The molecule has 0 saturated heterocycles. The monoisotopic (exact) mass is 289 g/mol. The van der Waals surface area contributed by atoms with Crippen LogP contribution in [-0.2, 0) is 5.60 Å². The molecule has 1 unspecified atom stereocenters. The highest BCUT2D eigenvalue weighted by molar-refractivity contribution is 5.33. The molecule has 3 N–H and O–H groups in total. The molecule has 0 bridgehead atoms. The molecule has 1 atom stereocenters. The van der Waals surface area contributed by atoms with Crippen LogP contribution in [0.2, 0.25) is 0 Å². The normalized spacial score (nSPS) is 29.1. The van der Waals surface area contributed by atoms with Crippen molar-refractivity contribution < 1.29 is 5.11 Å². The van der Waals surface area contributed by atoms with Gasteiger partial charge in [-0.2, -0.15) is 0 Å². The number of rotatable bonds is 5. The summed E-state index contributed by atoms with van der Waals surface area (Å²) >= 11 is 0. The van der Waals surface area contributed by atoms with Crippen molar-refractivity contribution in [3.05, 3.63) is 35.4 Å². The van der Waals surface area contributed by atoms with E-state index in [1.54, 1.807) is 0 Å². The molecular formula is C19H31NO. The summed E-state index contributed by atoms with van der Waals surface area (Å²) < 4.78 is 0. The van der Waals surface area contributed by atoms with E-state index >= 15 is 0 Å². The topological polar surface area (TPSA) is 46.2 Å². The number of hydrogen-bond acceptors (Lipinski definition) is 2. The zero-order valence-corrected chi connectivity index (χ0v) is 13.9. The lowest BCUT2D eigenvalue weighted by atomic mass is 9.59. The molecule has 0 amide bonds. The molecule has 2 nitrogen and oxygen atoms in total. The van der Waals surface area contributed by atoms with E-state index in [-0.39, 0.29) is 5.41 Å². The third-order valence-corrected chi connectivity index (χ3v) is 5.85. The fourth-order valence-corrected chi connectivity index (χ4v) is 4.22. The van der Waals surface area contributed by atoms with E-state index in [4.69, 9.17) is 5.73 Å². The summed E-state index contributed by atoms with van der Waals surface area (Å²) in [5.74, 6) is 0.822. The first-order valence-corrected chi connectivity index (χ1v) is 8.45. The first-order chi connectivity index (χ1) is 9.97. The van der Waals surface area contributed by atoms with Crippen LogP contribution >= 0.6 is 0 Å². The third kappa shape index (κ3) is 3.02. The van der Waals surface area contributed by atoms with Crippen LogP contribution in [0.3, 0.4) is 0 Å². The summed E-state index contributed by atoms with van der Waals surface area (Å²) in [6.45, 7) is 6.88. The van der Waals surface area contributed by atoms with Gasteiger partial charge in [0.2, 0.25) is 0 Å². The Morgan fingerprint density at radius 2 is 1.90 bits per heavy atom. The molecule has 1 aromatic carbocycles. The standard InChI is InChI=1S/C19H31NO/c1-4-7-16-10-12-19(14-20,13-11-16)18(3,21)17-9-6-5-8-15(17)2/h5-6,8-9,16,21H,4,7,10-14,20H2,1-3H3. The number of aliphatic hydroxyl groups is 1. The Kier molecular flexibility index (Phi) is 5.11. The quantitative estimate of drug-likeness (QED) is 0.856. The van der Waals surface area contributed by atoms with Gasteiger partial charge in [0.25, 0.3) is 0 Å². The van der Waals surface area contributed by atoms with E-state index in [1.807, 2.05) is 19.1 Å². The molecule has 0 radical (unpaired) electrons. The molecule has 1 aliphatic carbocycles. The lowest BCUT2D eigenvalue weighted by Crippen LogP contribution is -2.51. The summed E-state index contributed by atoms with van der Waals surface area (Å²) in [5, 5.41) is 11.4. The van der Waals surface area contributed by atoms with Gasteiger partial charge in [0.15, 0.2) is 0 Å². The van der Waals surface area contributed by atoms with E-state index in [2.05, 4.69) is 26.0 Å². The van der Waals surface area contributed by atoms with Crippen LogP contribution in [0.25, 0.3) is 0 Å². The van der Waals surface area contributed by atoms with Crippen molar-refractivity contribution in [1.29, 1.82) is 0 Å². The minimum Gasteiger partial charge on any atom is -0.385 e. The average molecular weight is 289 g/mol. The van der Waals surface area contributed by atoms with Crippen molar-refractivity contribution in [2.24, 2.45) is 17.1 Å². The first kappa shape index (κ1) is 16.5. The van der Waals surface area contributed by atoms with Crippen molar-refractivity contribution in [2.45, 2.75) is 64.9 Å². The molecule has 0 aliphatic heterocycles. The van der Waals surface area contributed by atoms with Crippen LogP contribution in [0, 0.1) is 18.3 Å². The molecular weight excluding hydrogens is 258 g/mol. The van der Waals surface area contributed by atoms with E-state index in [1.165, 1.54) is 25.7 Å². The molecule has 1 fully saturated rings. The van der Waals surface area contributed by atoms with Crippen LogP contribution in [0.4, 0.5) is 0 Å². The van der Waals surface area contributed by atoms with Gasteiger partial charge in [-0.15, -0.1) is 0 Å². The molecule has 2 heteroatoms. The van der Waals surface area contributed by atoms with E-state index in [0.717, 1.165) is 29.9 Å². The van der Waals surface area contributed by atoms with Gasteiger partial charge in [0.1, 0.15) is 0 Å². The second kappa shape index (κ2) is 6.50. The molecule has 1 saturated carbocycles. The van der Waals surface area contributed by atoms with Gasteiger partial charge in [-0.25, -0.2) is 0 Å². The highest BCUT2D eigenvalue weighted by Crippen LogP contribution is 2.51. The van der Waals surface area contributed by atoms with Crippen molar-refractivity contribution >= 4 is 0 Å². The average Bonchev–Trinajstić information content (AvgIpc) is 2.48. The van der Waals surface area contributed by atoms with Crippen molar-refractivity contribution in [2.75, 3.05) is 6.54 Å². The molecule has 0 heterocycles. The minimum absolute atomic E-state index is 0.177. The summed E-state index contributed by atoms with van der Waals surface area (Å²) in [6, 6.07) is 8.19. The summed E-state index contributed by atoms with van der Waals surface area (Å²) in [4.78, 5) is 0. The summed E-state index contributed by atoms with van der Waals surface area (Å²) in [6.07, 6.45) is 7.05. The highest BCUT2D eigenvalue weighted by Gasteiger charge is 2.49. The second-order valence-corrected chi connectivity index (χ2v) is 7.10. The minimum atomic E-state index is -0.843. The molecule has 118 valence electrons. The number of benzene rings is 1. The molecule has 2 rings (SSSR count). The SMILES string of the molecule is CCCC1CCC(CN)(C(C)(O)c2ccccc2C)CC1. The fourth-order valence-electron chi connectivity index (χ4n) is 4.22. The van der Waals surface area contributed by atoms with Gasteiger partial charge in [-0.3, -0.25) is 0 Å². The maximum Gasteiger partial charge on any atom is 0.0939 e. The van der Waals surface area contributed by atoms with Crippen molar-refractivity contribution in [1.82, 2.24) is 0 Å². The molecule has 21 heavy (non-hydrogen) atoms. The predicted molar refractivity (Wildman–Crippen MR) is 89.1 cm³/mol. The smallest absolute Gasteiger partial charge is 0.0939 e. The Morgan fingerprint density at radius 1 is 1.29 bits per heavy atom. The Hall–Kier alpha value is -0.860. The first-order valence-electron chi connectivity index (χ1n) is 8.45. The number of hydrogen-bond donors (Lipinski definition) is 2. The number of aryl methyl sites for hydroxylation is 1. The fraction of sp³-hybridized carbons (Fsp3) is 0.684. The molecule has 1 aromatic rings. The maximum atomic E-state index is 11.4. The lowest BCUT2D eigenvalue weighted by Gasteiger charge is -2.49. The predicted octanol–water partition coefficient (Wildman–Crippen LogP) is 4.14. The maximum absolute atomic E-state index is 11.4. The van der Waals surface area contributed by atoms with Crippen LogP contribution < -0.4 is 5.73 Å². The van der Waals surface area contributed by atoms with Crippen molar-refractivity contribution in [3.63, 3.8) is 0 Å². The largest absolute Gasteiger partial charge is 0.385 e. The Balaban J connectivity index is 2.26. The van der Waals surface area contributed by atoms with Gasteiger partial charge in [0, 0.05) is 12.0 Å². The Morgan fingerprint density at radius 3 is 2.43 bits per heavy atom. The van der Waals surface area contributed by atoms with Crippen LogP contribution in [0.1, 0.15) is 63.5 Å². The zero-order valence-electron chi connectivity index (χ0n) is 13.9. The lowest BCUT2D eigenvalue weighted by molar-refractivity contribution is -0.0987. The van der Waals surface area contributed by atoms with Crippen LogP contribution in [-0.4, -0.2) is 11.7 Å². The molecule has 0 aromatic heterocycles. The van der Waals surface area contributed by atoms with Crippen LogP contribution in [0.5, 0.6) is 0 Å². The Labute approximate surface area is 129 Å². The van der Waals surface area contributed by atoms with E-state index < -0.39 is 5.60 Å². The van der Waals surface area contributed by atoms with Gasteiger partial charge in [-0.05, 0) is 56.6 Å². The molecule has 0 spiro atoms. The third-order valence-electron chi connectivity index (χ3n) is 5.85. The number of nitrogens with two attached hydrogens (primary N) is 1. The summed E-state index contributed by atoms with van der Waals surface area (Å²) in [7, 11) is 0. The van der Waals surface area contributed by atoms with Gasteiger partial charge in [-0.1, -0.05) is 44.0 Å². The van der Waals surface area contributed by atoms with Crippen LogP contribution in [0.15, 0.2) is 24.3 Å². The summed E-state index contributed by atoms with van der Waals surface area (Å²) in [5.41, 5.74) is 7.36. The second-order valence-electron chi connectivity index (χ2n) is 7.10. The van der Waals surface area contributed by atoms with Gasteiger partial charge < -0.3 is 10.8 Å². The highest BCUT2D eigenvalue weighted by atomic mass is 16.3. The van der Waals surface area contributed by atoms with Crippen molar-refractivity contribution in [3.8, 4) is 0 Å². The molecule has 1 aliphatic rings. The van der Waals surface area contributed by atoms with E-state index in [9.17, 15) is 5.11 Å². The van der Waals surface area contributed by atoms with Gasteiger partial charge >= 0.3 is 0 Å². The van der Waals surface area contributed by atoms with Gasteiger partial charge in [0.05, 0.1) is 5.60 Å².